The lowest BCUT2D eigenvalue weighted by atomic mass is 10.0. The smallest absolute Gasteiger partial charge is 0.224 e. The molecule has 0 radical (unpaired) electrons. The summed E-state index contributed by atoms with van der Waals surface area (Å²) in [5.74, 6) is 0.0242. The van der Waals surface area contributed by atoms with E-state index in [2.05, 4.69) is 30.5 Å². The standard InChI is InChI=1S/C15H20N2O2.ClH/c1-10-6-13-12(8-15(18)17-5-4-16-3)9-19-14(13)7-11(10)2;/h6-7,9,16H,4-5,8H2,1-3H3,(H,17,18);1H. The molecule has 0 unspecified atom stereocenters. The Balaban J connectivity index is 0.00000200. The Morgan fingerprint density at radius 1 is 1.20 bits per heavy atom. The summed E-state index contributed by atoms with van der Waals surface area (Å²) in [7, 11) is 1.86. The maximum Gasteiger partial charge on any atom is 0.224 e. The van der Waals surface area contributed by atoms with E-state index in [1.54, 1.807) is 6.26 Å². The minimum Gasteiger partial charge on any atom is -0.464 e. The number of nitrogens with one attached hydrogen (secondary N) is 2. The lowest BCUT2D eigenvalue weighted by Crippen LogP contribution is -2.31. The highest BCUT2D eigenvalue weighted by Crippen LogP contribution is 2.25. The Morgan fingerprint density at radius 2 is 1.90 bits per heavy atom. The van der Waals surface area contributed by atoms with E-state index in [1.165, 1.54) is 11.1 Å². The van der Waals surface area contributed by atoms with Crippen LogP contribution in [0.1, 0.15) is 16.7 Å². The largest absolute Gasteiger partial charge is 0.464 e. The van der Waals surface area contributed by atoms with Crippen LogP contribution in [0.15, 0.2) is 22.8 Å². The second kappa shape index (κ2) is 7.31. The molecule has 0 bridgehead atoms. The van der Waals surface area contributed by atoms with E-state index >= 15 is 0 Å². The normalized spacial score (nSPS) is 10.3. The molecule has 1 aromatic carbocycles. The first-order valence-corrected chi connectivity index (χ1v) is 6.50. The molecule has 2 aromatic rings. The van der Waals surface area contributed by atoms with Gasteiger partial charge in [-0.3, -0.25) is 4.79 Å². The predicted molar refractivity (Wildman–Crippen MR) is 83.6 cm³/mol. The molecule has 0 aliphatic rings. The molecule has 2 N–H and O–H groups in total. The number of carbonyl (C=O) groups is 1. The van der Waals surface area contributed by atoms with E-state index in [4.69, 9.17) is 4.42 Å². The van der Waals surface area contributed by atoms with Gasteiger partial charge in [0.05, 0.1) is 12.7 Å². The van der Waals surface area contributed by atoms with E-state index < -0.39 is 0 Å². The van der Waals surface area contributed by atoms with Crippen LogP contribution in [0.2, 0.25) is 0 Å². The molecule has 0 aliphatic heterocycles. The highest BCUT2D eigenvalue weighted by atomic mass is 35.5. The SMILES string of the molecule is CNCCNC(=O)Cc1coc2cc(C)c(C)cc12.Cl. The van der Waals surface area contributed by atoms with Gasteiger partial charge in [0.25, 0.3) is 0 Å². The summed E-state index contributed by atoms with van der Waals surface area (Å²) in [5, 5.41) is 6.90. The molecule has 0 saturated carbocycles. The number of likely N-dealkylation sites (N-methyl/N-ethyl adjacent to an activating group) is 1. The zero-order chi connectivity index (χ0) is 13.8. The zero-order valence-electron chi connectivity index (χ0n) is 12.1. The van der Waals surface area contributed by atoms with Gasteiger partial charge in [0.1, 0.15) is 5.58 Å². The molecule has 0 spiro atoms. The van der Waals surface area contributed by atoms with Crippen molar-refractivity contribution in [3.05, 3.63) is 35.1 Å². The third-order valence-corrected chi connectivity index (χ3v) is 3.32. The number of carbonyl (C=O) groups excluding carboxylic acids is 1. The fourth-order valence-electron chi connectivity index (χ4n) is 2.04. The summed E-state index contributed by atoms with van der Waals surface area (Å²) in [5.41, 5.74) is 4.21. The summed E-state index contributed by atoms with van der Waals surface area (Å²) >= 11 is 0. The average Bonchev–Trinajstić information content (AvgIpc) is 2.73. The van der Waals surface area contributed by atoms with Crippen LogP contribution in [0.4, 0.5) is 0 Å². The van der Waals surface area contributed by atoms with Crippen molar-refractivity contribution in [1.29, 1.82) is 0 Å². The van der Waals surface area contributed by atoms with E-state index in [0.717, 1.165) is 23.1 Å². The number of aryl methyl sites for hydroxylation is 2. The van der Waals surface area contributed by atoms with Crippen molar-refractivity contribution in [2.75, 3.05) is 20.1 Å². The second-order valence-electron chi connectivity index (χ2n) is 4.82. The fourth-order valence-corrected chi connectivity index (χ4v) is 2.04. The van der Waals surface area contributed by atoms with Crippen LogP contribution in [0.25, 0.3) is 11.0 Å². The first kappa shape index (κ1) is 16.5. The molecular formula is C15H21ClN2O2. The first-order chi connectivity index (χ1) is 9.11. The highest BCUT2D eigenvalue weighted by Gasteiger charge is 2.11. The van der Waals surface area contributed by atoms with Crippen LogP contribution in [-0.2, 0) is 11.2 Å². The molecule has 5 heteroatoms. The third kappa shape index (κ3) is 3.74. The molecular weight excluding hydrogens is 276 g/mol. The van der Waals surface area contributed by atoms with Crippen molar-refractivity contribution < 1.29 is 9.21 Å². The van der Waals surface area contributed by atoms with E-state index in [0.29, 0.717) is 13.0 Å². The minimum absolute atomic E-state index is 0. The molecule has 110 valence electrons. The maximum atomic E-state index is 11.8. The molecule has 1 heterocycles. The van der Waals surface area contributed by atoms with Crippen molar-refractivity contribution in [2.45, 2.75) is 20.3 Å². The maximum absolute atomic E-state index is 11.8. The van der Waals surface area contributed by atoms with Gasteiger partial charge in [-0.05, 0) is 44.2 Å². The second-order valence-corrected chi connectivity index (χ2v) is 4.82. The monoisotopic (exact) mass is 296 g/mol. The number of hydrogen-bond acceptors (Lipinski definition) is 3. The Bertz CT molecular complexity index is 593. The number of fused-ring (bicyclic) bond motifs is 1. The number of amides is 1. The fraction of sp³-hybridized carbons (Fsp3) is 0.400. The van der Waals surface area contributed by atoms with E-state index in [9.17, 15) is 4.79 Å². The Kier molecular flexibility index (Phi) is 6.05. The molecule has 0 fully saturated rings. The minimum atomic E-state index is 0. The molecule has 0 aliphatic carbocycles. The first-order valence-electron chi connectivity index (χ1n) is 6.50. The van der Waals surface area contributed by atoms with Gasteiger partial charge in [-0.25, -0.2) is 0 Å². The summed E-state index contributed by atoms with van der Waals surface area (Å²) < 4.78 is 5.52. The quantitative estimate of drug-likeness (QED) is 0.833. The molecule has 20 heavy (non-hydrogen) atoms. The summed E-state index contributed by atoms with van der Waals surface area (Å²) in [6, 6.07) is 4.11. The van der Waals surface area contributed by atoms with Gasteiger partial charge in [0, 0.05) is 24.0 Å². The number of rotatable bonds is 5. The van der Waals surface area contributed by atoms with Crippen LogP contribution in [0, 0.1) is 13.8 Å². The molecule has 0 saturated heterocycles. The van der Waals surface area contributed by atoms with Gasteiger partial charge < -0.3 is 15.1 Å². The Morgan fingerprint density at radius 3 is 2.60 bits per heavy atom. The Labute approximate surface area is 125 Å². The van der Waals surface area contributed by atoms with Crippen LogP contribution >= 0.6 is 12.4 Å². The molecule has 2 rings (SSSR count). The topological polar surface area (TPSA) is 54.3 Å². The van der Waals surface area contributed by atoms with Crippen molar-refractivity contribution in [2.24, 2.45) is 0 Å². The van der Waals surface area contributed by atoms with Crippen molar-refractivity contribution in [3.8, 4) is 0 Å². The van der Waals surface area contributed by atoms with Gasteiger partial charge in [0.2, 0.25) is 5.91 Å². The lowest BCUT2D eigenvalue weighted by Gasteiger charge is -2.04. The van der Waals surface area contributed by atoms with Gasteiger partial charge >= 0.3 is 0 Å². The van der Waals surface area contributed by atoms with E-state index in [-0.39, 0.29) is 18.3 Å². The van der Waals surface area contributed by atoms with Crippen molar-refractivity contribution >= 4 is 29.3 Å². The summed E-state index contributed by atoms with van der Waals surface area (Å²) in [6.07, 6.45) is 2.04. The number of halogens is 1. The van der Waals surface area contributed by atoms with Gasteiger partial charge in [-0.15, -0.1) is 12.4 Å². The molecule has 1 aromatic heterocycles. The van der Waals surface area contributed by atoms with Gasteiger partial charge in [-0.2, -0.15) is 0 Å². The summed E-state index contributed by atoms with van der Waals surface area (Å²) in [6.45, 7) is 5.54. The average molecular weight is 297 g/mol. The molecule has 1 amide bonds. The van der Waals surface area contributed by atoms with Gasteiger partial charge in [-0.1, -0.05) is 0 Å². The Hall–Kier alpha value is -1.52. The number of furan rings is 1. The molecule has 0 atom stereocenters. The van der Waals surface area contributed by atoms with Crippen molar-refractivity contribution in [3.63, 3.8) is 0 Å². The molecule has 4 nitrogen and oxygen atoms in total. The summed E-state index contributed by atoms with van der Waals surface area (Å²) in [4.78, 5) is 11.8. The lowest BCUT2D eigenvalue weighted by molar-refractivity contribution is -0.120. The highest BCUT2D eigenvalue weighted by molar-refractivity contribution is 5.88. The van der Waals surface area contributed by atoms with Crippen LogP contribution < -0.4 is 10.6 Å². The van der Waals surface area contributed by atoms with Crippen LogP contribution in [0.3, 0.4) is 0 Å². The van der Waals surface area contributed by atoms with E-state index in [1.807, 2.05) is 13.1 Å². The van der Waals surface area contributed by atoms with Crippen LogP contribution in [0.5, 0.6) is 0 Å². The van der Waals surface area contributed by atoms with Crippen molar-refractivity contribution in [1.82, 2.24) is 10.6 Å². The number of benzene rings is 1. The number of hydrogen-bond donors (Lipinski definition) is 2. The van der Waals surface area contributed by atoms with Crippen LogP contribution in [-0.4, -0.2) is 26.0 Å². The van der Waals surface area contributed by atoms with Gasteiger partial charge in [0.15, 0.2) is 0 Å². The predicted octanol–water partition coefficient (Wildman–Crippen LogP) is 2.35. The zero-order valence-corrected chi connectivity index (χ0v) is 12.9. The third-order valence-electron chi connectivity index (χ3n) is 3.32.